The van der Waals surface area contributed by atoms with Gasteiger partial charge in [-0.3, -0.25) is 4.79 Å². The van der Waals surface area contributed by atoms with Gasteiger partial charge in [0.1, 0.15) is 5.78 Å². The zero-order chi connectivity index (χ0) is 7.82. The van der Waals surface area contributed by atoms with Crippen LogP contribution in [0.5, 0.6) is 0 Å². The van der Waals surface area contributed by atoms with Crippen LogP contribution in [0, 0.1) is 0 Å². The fraction of sp³-hybridized carbons (Fsp3) is 0.667. The predicted molar refractivity (Wildman–Crippen MR) is 44.0 cm³/mol. The molecular formula is C9H16O. The predicted octanol–water partition coefficient (Wildman–Crippen LogP) is 2.71. The Kier molecular flexibility index (Phi) is 6.14. The minimum absolute atomic E-state index is 0.243. The van der Waals surface area contributed by atoms with Crippen LogP contribution < -0.4 is 0 Å². The first-order chi connectivity index (χ1) is 4.77. The number of hydrogen-bond donors (Lipinski definition) is 0. The highest BCUT2D eigenvalue weighted by atomic mass is 16.1. The summed E-state index contributed by atoms with van der Waals surface area (Å²) in [5.74, 6) is 0.243. The molecule has 0 atom stereocenters. The van der Waals surface area contributed by atoms with Crippen molar-refractivity contribution in [3.63, 3.8) is 0 Å². The Bertz CT molecular complexity index is 114. The Labute approximate surface area is 63.1 Å². The number of unbranched alkanes of at least 4 members (excludes halogenated alkanes) is 2. The van der Waals surface area contributed by atoms with Crippen molar-refractivity contribution in [3.8, 4) is 0 Å². The second kappa shape index (κ2) is 6.53. The number of rotatable bonds is 5. The van der Waals surface area contributed by atoms with Gasteiger partial charge in [0, 0.05) is 6.42 Å². The van der Waals surface area contributed by atoms with Gasteiger partial charge in [-0.1, -0.05) is 31.9 Å². The molecule has 0 heterocycles. The van der Waals surface area contributed by atoms with Gasteiger partial charge < -0.3 is 0 Å². The van der Waals surface area contributed by atoms with E-state index in [4.69, 9.17) is 0 Å². The topological polar surface area (TPSA) is 17.1 Å². The summed E-state index contributed by atoms with van der Waals surface area (Å²) in [4.78, 5) is 10.4. The van der Waals surface area contributed by atoms with Gasteiger partial charge in [-0.15, -0.1) is 0 Å². The molecule has 0 aliphatic heterocycles. The third-order valence-electron chi connectivity index (χ3n) is 1.30. The summed E-state index contributed by atoms with van der Waals surface area (Å²) in [6.45, 7) is 3.78. The van der Waals surface area contributed by atoms with E-state index in [0.29, 0.717) is 6.42 Å². The largest absolute Gasteiger partial charge is 0.300 e. The summed E-state index contributed by atoms with van der Waals surface area (Å²) < 4.78 is 0. The van der Waals surface area contributed by atoms with E-state index in [1.807, 2.05) is 6.08 Å². The van der Waals surface area contributed by atoms with E-state index in [0.717, 1.165) is 6.42 Å². The Hall–Kier alpha value is -0.590. The lowest BCUT2D eigenvalue weighted by Gasteiger charge is -1.87. The number of carbonyl (C=O) groups is 1. The molecule has 0 bridgehead atoms. The minimum Gasteiger partial charge on any atom is -0.300 e. The van der Waals surface area contributed by atoms with Crippen molar-refractivity contribution in [1.29, 1.82) is 0 Å². The Morgan fingerprint density at radius 1 is 1.40 bits per heavy atom. The molecule has 10 heavy (non-hydrogen) atoms. The zero-order valence-corrected chi connectivity index (χ0v) is 6.89. The Morgan fingerprint density at radius 3 is 2.60 bits per heavy atom. The second-order valence-electron chi connectivity index (χ2n) is 2.52. The third-order valence-corrected chi connectivity index (χ3v) is 1.30. The standard InChI is InChI=1S/C9H16O/c1-3-4-5-6-7-8-9(2)10/h6-7H,3-5,8H2,1-2H3. The average Bonchev–Trinajstić information content (AvgIpc) is 1.87. The van der Waals surface area contributed by atoms with E-state index in [2.05, 4.69) is 13.0 Å². The molecular weight excluding hydrogens is 124 g/mol. The molecule has 0 amide bonds. The van der Waals surface area contributed by atoms with E-state index in [1.165, 1.54) is 12.8 Å². The van der Waals surface area contributed by atoms with Crippen molar-refractivity contribution >= 4 is 5.78 Å². The molecule has 58 valence electrons. The maximum atomic E-state index is 10.4. The highest BCUT2D eigenvalue weighted by Crippen LogP contribution is 1.95. The maximum Gasteiger partial charge on any atom is 0.133 e. The van der Waals surface area contributed by atoms with Gasteiger partial charge in [0.05, 0.1) is 0 Å². The van der Waals surface area contributed by atoms with Crippen LogP contribution in [0.1, 0.15) is 39.5 Å². The average molecular weight is 140 g/mol. The van der Waals surface area contributed by atoms with Gasteiger partial charge in [-0.2, -0.15) is 0 Å². The van der Waals surface area contributed by atoms with E-state index in [1.54, 1.807) is 6.92 Å². The highest BCUT2D eigenvalue weighted by molar-refractivity contribution is 5.76. The summed E-state index contributed by atoms with van der Waals surface area (Å²) in [7, 11) is 0. The minimum atomic E-state index is 0.243. The van der Waals surface area contributed by atoms with Crippen molar-refractivity contribution in [1.82, 2.24) is 0 Å². The molecule has 0 rings (SSSR count). The van der Waals surface area contributed by atoms with E-state index in [9.17, 15) is 4.79 Å². The number of ketones is 1. The summed E-state index contributed by atoms with van der Waals surface area (Å²) in [6, 6.07) is 0. The van der Waals surface area contributed by atoms with E-state index in [-0.39, 0.29) is 5.78 Å². The lowest BCUT2D eigenvalue weighted by molar-refractivity contribution is -0.116. The number of allylic oxidation sites excluding steroid dienone is 2. The summed E-state index contributed by atoms with van der Waals surface area (Å²) in [5, 5.41) is 0. The number of Topliss-reactive ketones (excluding diaryl/α,β-unsaturated/α-hetero) is 1. The molecule has 0 aliphatic rings. The fourth-order valence-corrected chi connectivity index (χ4v) is 0.689. The number of carbonyl (C=O) groups excluding carboxylic acids is 1. The van der Waals surface area contributed by atoms with Crippen molar-refractivity contribution < 1.29 is 4.79 Å². The fourth-order valence-electron chi connectivity index (χ4n) is 0.689. The quantitative estimate of drug-likeness (QED) is 0.424. The Morgan fingerprint density at radius 2 is 2.10 bits per heavy atom. The first-order valence-corrected chi connectivity index (χ1v) is 3.91. The second-order valence-corrected chi connectivity index (χ2v) is 2.52. The first kappa shape index (κ1) is 9.41. The summed E-state index contributed by atoms with van der Waals surface area (Å²) in [5.41, 5.74) is 0. The normalized spacial score (nSPS) is 10.6. The van der Waals surface area contributed by atoms with Gasteiger partial charge in [0.2, 0.25) is 0 Å². The van der Waals surface area contributed by atoms with Crippen LogP contribution in [0.4, 0.5) is 0 Å². The van der Waals surface area contributed by atoms with E-state index < -0.39 is 0 Å². The molecule has 0 saturated carbocycles. The monoisotopic (exact) mass is 140 g/mol. The lowest BCUT2D eigenvalue weighted by Crippen LogP contribution is -1.83. The molecule has 0 aliphatic carbocycles. The van der Waals surface area contributed by atoms with Crippen LogP contribution in [-0.4, -0.2) is 5.78 Å². The summed E-state index contributed by atoms with van der Waals surface area (Å²) >= 11 is 0. The van der Waals surface area contributed by atoms with Crippen LogP contribution in [0.15, 0.2) is 12.2 Å². The SMILES string of the molecule is CCCCC=CCC(C)=O. The van der Waals surface area contributed by atoms with Crippen molar-refractivity contribution in [2.75, 3.05) is 0 Å². The van der Waals surface area contributed by atoms with Gasteiger partial charge in [-0.25, -0.2) is 0 Å². The molecule has 1 heteroatoms. The molecule has 0 aromatic rings. The van der Waals surface area contributed by atoms with Crippen LogP contribution in [-0.2, 0) is 4.79 Å². The van der Waals surface area contributed by atoms with Crippen molar-refractivity contribution in [2.45, 2.75) is 39.5 Å². The molecule has 0 unspecified atom stereocenters. The first-order valence-electron chi connectivity index (χ1n) is 3.91. The van der Waals surface area contributed by atoms with Crippen LogP contribution in [0.2, 0.25) is 0 Å². The lowest BCUT2D eigenvalue weighted by atomic mass is 10.2. The maximum absolute atomic E-state index is 10.4. The molecule has 0 fully saturated rings. The molecule has 0 saturated heterocycles. The summed E-state index contributed by atoms with van der Waals surface area (Å²) in [6.07, 6.45) is 8.22. The molecule has 0 aromatic carbocycles. The molecule has 0 N–H and O–H groups in total. The van der Waals surface area contributed by atoms with Gasteiger partial charge in [0.25, 0.3) is 0 Å². The van der Waals surface area contributed by atoms with Crippen LogP contribution >= 0.6 is 0 Å². The Balaban J connectivity index is 3.12. The number of hydrogen-bond acceptors (Lipinski definition) is 1. The smallest absolute Gasteiger partial charge is 0.133 e. The van der Waals surface area contributed by atoms with E-state index >= 15 is 0 Å². The highest BCUT2D eigenvalue weighted by Gasteiger charge is 1.84. The van der Waals surface area contributed by atoms with Crippen LogP contribution in [0.25, 0.3) is 0 Å². The van der Waals surface area contributed by atoms with Gasteiger partial charge in [-0.05, 0) is 13.3 Å². The van der Waals surface area contributed by atoms with Crippen molar-refractivity contribution in [2.24, 2.45) is 0 Å². The third kappa shape index (κ3) is 7.41. The van der Waals surface area contributed by atoms with Gasteiger partial charge >= 0.3 is 0 Å². The zero-order valence-electron chi connectivity index (χ0n) is 6.89. The molecule has 0 radical (unpaired) electrons. The molecule has 0 spiro atoms. The van der Waals surface area contributed by atoms with Crippen molar-refractivity contribution in [3.05, 3.63) is 12.2 Å². The van der Waals surface area contributed by atoms with Crippen LogP contribution in [0.3, 0.4) is 0 Å². The molecule has 1 nitrogen and oxygen atoms in total. The molecule has 0 aromatic heterocycles. The van der Waals surface area contributed by atoms with Gasteiger partial charge in [0.15, 0.2) is 0 Å².